The Bertz CT molecular complexity index is 463. The van der Waals surface area contributed by atoms with E-state index < -0.39 is 5.60 Å². The second kappa shape index (κ2) is 8.30. The summed E-state index contributed by atoms with van der Waals surface area (Å²) in [5.41, 5.74) is 0.0898. The van der Waals surface area contributed by atoms with Gasteiger partial charge in [0.05, 0.1) is 0 Å². The first-order valence-corrected chi connectivity index (χ1v) is 8.42. The average molecular weight is 304 g/mol. The van der Waals surface area contributed by atoms with Crippen LogP contribution in [0, 0.1) is 0 Å². The van der Waals surface area contributed by atoms with Crippen molar-refractivity contribution in [2.24, 2.45) is 0 Å². The van der Waals surface area contributed by atoms with Crippen molar-refractivity contribution in [2.75, 3.05) is 26.2 Å². The maximum Gasteiger partial charge on any atom is 0.255 e. The Kier molecular flexibility index (Phi) is 6.40. The molecule has 22 heavy (non-hydrogen) atoms. The first kappa shape index (κ1) is 17.0. The molecule has 1 atom stereocenters. The summed E-state index contributed by atoms with van der Waals surface area (Å²) in [5.74, 6) is -0.101. The van der Waals surface area contributed by atoms with E-state index in [0.717, 1.165) is 45.3 Å². The third-order valence-corrected chi connectivity index (χ3v) is 4.28. The highest BCUT2D eigenvalue weighted by Gasteiger charge is 2.41. The lowest BCUT2D eigenvalue weighted by Gasteiger charge is -2.38. The number of aliphatic hydroxyl groups is 1. The fourth-order valence-corrected chi connectivity index (χ4v) is 3.03. The van der Waals surface area contributed by atoms with Gasteiger partial charge in [0.1, 0.15) is 0 Å². The van der Waals surface area contributed by atoms with Crippen molar-refractivity contribution in [1.82, 2.24) is 10.2 Å². The van der Waals surface area contributed by atoms with Crippen LogP contribution in [0.3, 0.4) is 0 Å². The van der Waals surface area contributed by atoms with Crippen LogP contribution in [-0.4, -0.2) is 47.7 Å². The van der Waals surface area contributed by atoms with Crippen molar-refractivity contribution in [3.63, 3.8) is 0 Å². The number of amides is 1. The molecule has 2 rings (SSSR count). The van der Waals surface area contributed by atoms with Crippen molar-refractivity contribution in [3.05, 3.63) is 35.9 Å². The van der Waals surface area contributed by atoms with Gasteiger partial charge in [0.25, 0.3) is 5.91 Å². The van der Waals surface area contributed by atoms with Gasteiger partial charge in [-0.15, -0.1) is 0 Å². The van der Waals surface area contributed by atoms with Gasteiger partial charge < -0.3 is 15.3 Å². The van der Waals surface area contributed by atoms with Gasteiger partial charge in [-0.25, -0.2) is 0 Å². The summed E-state index contributed by atoms with van der Waals surface area (Å²) >= 11 is 0. The van der Waals surface area contributed by atoms with Crippen molar-refractivity contribution in [3.8, 4) is 0 Å². The number of nitrogens with zero attached hydrogens (tertiary/aromatic N) is 1. The molecule has 1 saturated heterocycles. The monoisotopic (exact) mass is 304 g/mol. The molecule has 0 aliphatic carbocycles. The number of likely N-dealkylation sites (tertiary alicyclic amines) is 1. The largest absolute Gasteiger partial charge is 0.379 e. The number of hydrogen-bond donors (Lipinski definition) is 2. The molecule has 1 amide bonds. The first-order chi connectivity index (χ1) is 10.7. The number of benzene rings is 1. The highest BCUT2D eigenvalue weighted by Crippen LogP contribution is 2.22. The predicted molar refractivity (Wildman–Crippen MR) is 88.7 cm³/mol. The van der Waals surface area contributed by atoms with E-state index in [4.69, 9.17) is 0 Å². The van der Waals surface area contributed by atoms with Gasteiger partial charge in [0.2, 0.25) is 0 Å². The van der Waals surface area contributed by atoms with E-state index in [9.17, 15) is 9.90 Å². The van der Waals surface area contributed by atoms with Gasteiger partial charge in [0.15, 0.2) is 5.60 Å². The van der Waals surface area contributed by atoms with E-state index in [1.165, 1.54) is 5.56 Å². The van der Waals surface area contributed by atoms with Gasteiger partial charge in [-0.2, -0.15) is 0 Å². The molecule has 1 fully saturated rings. The second-order valence-electron chi connectivity index (χ2n) is 6.19. The molecule has 4 nitrogen and oxygen atoms in total. The van der Waals surface area contributed by atoms with Crippen LogP contribution in [0.15, 0.2) is 30.3 Å². The fourth-order valence-electron chi connectivity index (χ4n) is 3.03. The van der Waals surface area contributed by atoms with Gasteiger partial charge in [0, 0.05) is 19.6 Å². The zero-order valence-electron chi connectivity index (χ0n) is 13.6. The van der Waals surface area contributed by atoms with E-state index in [-0.39, 0.29) is 5.91 Å². The lowest BCUT2D eigenvalue weighted by atomic mass is 9.91. The van der Waals surface area contributed by atoms with Crippen LogP contribution in [0.2, 0.25) is 0 Å². The topological polar surface area (TPSA) is 52.6 Å². The normalized spacial score (nSPS) is 22.1. The number of piperidine rings is 1. The average Bonchev–Trinajstić information content (AvgIpc) is 2.53. The SMILES string of the molecule is CCCNC[C@]1(O)CCCN(CCCc2ccccc2)C1=O. The standard InChI is InChI=1S/C18H28N2O2/c1-2-12-19-15-18(22)11-7-14-20(17(18)21)13-6-10-16-8-4-3-5-9-16/h3-5,8-9,19,22H,2,6-7,10-15H2,1H3/t18-/m1/s1. The number of aryl methyl sites for hydroxylation is 1. The Balaban J connectivity index is 1.82. The molecule has 2 N–H and O–H groups in total. The molecule has 1 heterocycles. The molecule has 1 aromatic rings. The molecule has 122 valence electrons. The van der Waals surface area contributed by atoms with Crippen molar-refractivity contribution < 1.29 is 9.90 Å². The third-order valence-electron chi connectivity index (χ3n) is 4.28. The molecule has 0 aromatic heterocycles. The number of hydrogen-bond acceptors (Lipinski definition) is 3. The molecule has 0 spiro atoms. The molecular weight excluding hydrogens is 276 g/mol. The quantitative estimate of drug-likeness (QED) is 0.722. The van der Waals surface area contributed by atoms with E-state index >= 15 is 0 Å². The lowest BCUT2D eigenvalue weighted by molar-refractivity contribution is -0.156. The minimum absolute atomic E-state index is 0.101. The van der Waals surface area contributed by atoms with E-state index in [2.05, 4.69) is 24.4 Å². The van der Waals surface area contributed by atoms with Gasteiger partial charge in [-0.1, -0.05) is 37.3 Å². The third kappa shape index (κ3) is 4.55. The zero-order valence-corrected chi connectivity index (χ0v) is 13.6. The maximum atomic E-state index is 12.5. The molecule has 0 radical (unpaired) electrons. The van der Waals surface area contributed by atoms with Crippen molar-refractivity contribution in [2.45, 2.75) is 44.6 Å². The number of carbonyl (C=O) groups is 1. The van der Waals surface area contributed by atoms with Gasteiger partial charge in [-0.3, -0.25) is 4.79 Å². The summed E-state index contributed by atoms with van der Waals surface area (Å²) in [6.07, 6.45) is 4.36. The van der Waals surface area contributed by atoms with Crippen LogP contribution < -0.4 is 5.32 Å². The number of carbonyl (C=O) groups excluding carboxylic acids is 1. The predicted octanol–water partition coefficient (Wildman–Crippen LogP) is 1.97. The smallest absolute Gasteiger partial charge is 0.255 e. The van der Waals surface area contributed by atoms with Crippen LogP contribution >= 0.6 is 0 Å². The molecule has 0 unspecified atom stereocenters. The summed E-state index contributed by atoms with van der Waals surface area (Å²) in [6.45, 7) is 4.78. The van der Waals surface area contributed by atoms with Crippen LogP contribution in [0.5, 0.6) is 0 Å². The molecule has 1 aromatic carbocycles. The van der Waals surface area contributed by atoms with Crippen molar-refractivity contribution in [1.29, 1.82) is 0 Å². The minimum atomic E-state index is -1.21. The molecule has 1 aliphatic rings. The van der Waals surface area contributed by atoms with E-state index in [1.807, 2.05) is 23.1 Å². The summed E-state index contributed by atoms with van der Waals surface area (Å²) in [7, 11) is 0. The molecular formula is C18H28N2O2. The Hall–Kier alpha value is -1.39. The summed E-state index contributed by atoms with van der Waals surface area (Å²) in [6, 6.07) is 10.3. The molecule has 0 saturated carbocycles. The van der Waals surface area contributed by atoms with Crippen molar-refractivity contribution >= 4 is 5.91 Å². The molecule has 0 bridgehead atoms. The van der Waals surface area contributed by atoms with Crippen LogP contribution in [0.4, 0.5) is 0 Å². The summed E-state index contributed by atoms with van der Waals surface area (Å²) < 4.78 is 0. The van der Waals surface area contributed by atoms with E-state index in [1.54, 1.807) is 0 Å². The van der Waals surface area contributed by atoms with Gasteiger partial charge >= 0.3 is 0 Å². The second-order valence-corrected chi connectivity index (χ2v) is 6.19. The van der Waals surface area contributed by atoms with E-state index in [0.29, 0.717) is 13.0 Å². The Morgan fingerprint density at radius 1 is 1.32 bits per heavy atom. The minimum Gasteiger partial charge on any atom is -0.379 e. The number of nitrogens with one attached hydrogen (secondary N) is 1. The highest BCUT2D eigenvalue weighted by molar-refractivity contribution is 5.86. The highest BCUT2D eigenvalue weighted by atomic mass is 16.3. The Morgan fingerprint density at radius 3 is 2.82 bits per heavy atom. The molecule has 1 aliphatic heterocycles. The van der Waals surface area contributed by atoms with Crippen LogP contribution in [-0.2, 0) is 11.2 Å². The Labute approximate surface area is 133 Å². The van der Waals surface area contributed by atoms with Crippen LogP contribution in [0.1, 0.15) is 38.2 Å². The summed E-state index contributed by atoms with van der Waals surface area (Å²) in [4.78, 5) is 14.4. The lowest BCUT2D eigenvalue weighted by Crippen LogP contribution is -2.58. The Morgan fingerprint density at radius 2 is 2.09 bits per heavy atom. The summed E-state index contributed by atoms with van der Waals surface area (Å²) in [5, 5.41) is 13.8. The first-order valence-electron chi connectivity index (χ1n) is 8.42. The number of rotatable bonds is 8. The van der Waals surface area contributed by atoms with Gasteiger partial charge in [-0.05, 0) is 44.2 Å². The maximum absolute atomic E-state index is 12.5. The molecule has 4 heteroatoms. The van der Waals surface area contributed by atoms with Crippen LogP contribution in [0.25, 0.3) is 0 Å². The fraction of sp³-hybridized carbons (Fsp3) is 0.611. The zero-order chi connectivity index (χ0) is 15.8.